The molecule has 1 aromatic carbocycles. The lowest BCUT2D eigenvalue weighted by Gasteiger charge is -2.06. The van der Waals surface area contributed by atoms with Crippen LogP contribution in [0.3, 0.4) is 0 Å². The van der Waals surface area contributed by atoms with Crippen LogP contribution in [-0.4, -0.2) is 16.6 Å². The lowest BCUT2D eigenvalue weighted by Crippen LogP contribution is -1.94. The second-order valence-corrected chi connectivity index (χ2v) is 5.91. The van der Waals surface area contributed by atoms with Crippen LogP contribution in [0.4, 0.5) is 5.13 Å². The first kappa shape index (κ1) is 14.5. The van der Waals surface area contributed by atoms with E-state index in [0.29, 0.717) is 11.7 Å². The quantitative estimate of drug-likeness (QED) is 0.779. The molecule has 3 rings (SSSR count). The fourth-order valence-corrected chi connectivity index (χ4v) is 3.17. The largest absolute Gasteiger partial charge is 0.494 e. The third-order valence-electron chi connectivity index (χ3n) is 3.20. The molecule has 0 amide bonds. The molecule has 0 unspecified atom stereocenters. The minimum Gasteiger partial charge on any atom is -0.494 e. The van der Waals surface area contributed by atoms with E-state index in [-0.39, 0.29) is 0 Å². The van der Waals surface area contributed by atoms with Crippen LogP contribution in [0.15, 0.2) is 48.7 Å². The van der Waals surface area contributed by atoms with Crippen LogP contribution >= 0.6 is 11.3 Å². The van der Waals surface area contributed by atoms with E-state index in [1.54, 1.807) is 6.20 Å². The molecule has 2 heterocycles. The summed E-state index contributed by atoms with van der Waals surface area (Å²) in [6.45, 7) is 2.64. The molecule has 22 heavy (non-hydrogen) atoms. The number of pyridine rings is 1. The van der Waals surface area contributed by atoms with Gasteiger partial charge in [-0.25, -0.2) is 4.98 Å². The highest BCUT2D eigenvalue weighted by Crippen LogP contribution is 2.31. The van der Waals surface area contributed by atoms with Gasteiger partial charge in [0.05, 0.1) is 12.3 Å². The molecule has 3 aromatic rings. The van der Waals surface area contributed by atoms with Gasteiger partial charge >= 0.3 is 0 Å². The molecule has 5 heteroatoms. The van der Waals surface area contributed by atoms with Crippen LogP contribution in [0.25, 0.3) is 11.4 Å². The van der Waals surface area contributed by atoms with E-state index in [0.717, 1.165) is 28.4 Å². The molecule has 0 bridgehead atoms. The number of aromatic nitrogens is 2. The van der Waals surface area contributed by atoms with Crippen LogP contribution in [0.5, 0.6) is 5.75 Å². The zero-order valence-electron chi connectivity index (χ0n) is 12.3. The van der Waals surface area contributed by atoms with Crippen molar-refractivity contribution in [2.45, 2.75) is 13.3 Å². The number of ether oxygens (including phenoxy) is 1. The average Bonchev–Trinajstić information content (AvgIpc) is 2.89. The Morgan fingerprint density at radius 2 is 2.09 bits per heavy atom. The molecule has 112 valence electrons. The van der Waals surface area contributed by atoms with E-state index in [4.69, 9.17) is 10.5 Å². The van der Waals surface area contributed by atoms with Gasteiger partial charge in [-0.1, -0.05) is 18.2 Å². The first-order valence-electron chi connectivity index (χ1n) is 7.14. The third kappa shape index (κ3) is 3.26. The number of nitrogen functional groups attached to an aromatic ring is 1. The molecule has 0 saturated carbocycles. The van der Waals surface area contributed by atoms with Crippen molar-refractivity contribution in [3.05, 3.63) is 59.1 Å². The van der Waals surface area contributed by atoms with E-state index < -0.39 is 0 Å². The highest BCUT2D eigenvalue weighted by molar-refractivity contribution is 7.15. The molecule has 2 aromatic heterocycles. The normalized spacial score (nSPS) is 10.6. The van der Waals surface area contributed by atoms with Crippen molar-refractivity contribution in [2.75, 3.05) is 12.3 Å². The fraction of sp³-hybridized carbons (Fsp3) is 0.176. The standard InChI is InChI=1S/C17H17N3OS/c1-2-21-13-7-5-6-12(10-13)11-15-16(20-17(18)22-15)14-8-3-4-9-19-14/h3-10H,2,11H2,1H3,(H2,18,20). The number of benzene rings is 1. The van der Waals surface area contributed by atoms with Crippen molar-refractivity contribution in [3.63, 3.8) is 0 Å². The predicted octanol–water partition coefficient (Wildman–Crippen LogP) is 3.78. The van der Waals surface area contributed by atoms with E-state index in [1.165, 1.54) is 16.9 Å². The summed E-state index contributed by atoms with van der Waals surface area (Å²) >= 11 is 1.51. The Labute approximate surface area is 133 Å². The van der Waals surface area contributed by atoms with Gasteiger partial charge in [-0.15, -0.1) is 11.3 Å². The molecule has 0 saturated heterocycles. The minimum atomic E-state index is 0.566. The number of anilines is 1. The smallest absolute Gasteiger partial charge is 0.180 e. The highest BCUT2D eigenvalue weighted by atomic mass is 32.1. The Bertz CT molecular complexity index is 756. The van der Waals surface area contributed by atoms with Crippen LogP contribution in [0.1, 0.15) is 17.4 Å². The minimum absolute atomic E-state index is 0.566. The molecular formula is C17H17N3OS. The summed E-state index contributed by atoms with van der Waals surface area (Å²) in [4.78, 5) is 9.93. The third-order valence-corrected chi connectivity index (χ3v) is 4.08. The maximum atomic E-state index is 5.90. The van der Waals surface area contributed by atoms with Gasteiger partial charge in [0.25, 0.3) is 0 Å². The monoisotopic (exact) mass is 311 g/mol. The van der Waals surface area contributed by atoms with Gasteiger partial charge < -0.3 is 10.5 Å². The summed E-state index contributed by atoms with van der Waals surface area (Å²) in [5.41, 5.74) is 8.79. The van der Waals surface area contributed by atoms with Crippen molar-refractivity contribution in [1.82, 2.24) is 9.97 Å². The summed E-state index contributed by atoms with van der Waals surface area (Å²) in [5.74, 6) is 0.886. The maximum absolute atomic E-state index is 5.90. The van der Waals surface area contributed by atoms with Crippen molar-refractivity contribution in [3.8, 4) is 17.1 Å². The number of hydrogen-bond acceptors (Lipinski definition) is 5. The maximum Gasteiger partial charge on any atom is 0.180 e. The summed E-state index contributed by atoms with van der Waals surface area (Å²) in [6, 6.07) is 13.9. The molecule has 0 aliphatic heterocycles. The van der Waals surface area contributed by atoms with Gasteiger partial charge in [0, 0.05) is 17.5 Å². The van der Waals surface area contributed by atoms with Crippen LogP contribution in [-0.2, 0) is 6.42 Å². The lowest BCUT2D eigenvalue weighted by molar-refractivity contribution is 0.340. The van der Waals surface area contributed by atoms with E-state index in [2.05, 4.69) is 22.1 Å². The summed E-state index contributed by atoms with van der Waals surface area (Å²) in [5, 5.41) is 0.566. The lowest BCUT2D eigenvalue weighted by atomic mass is 10.1. The Hall–Kier alpha value is -2.40. The van der Waals surface area contributed by atoms with Gasteiger partial charge in [0.2, 0.25) is 0 Å². The van der Waals surface area contributed by atoms with Crippen molar-refractivity contribution < 1.29 is 4.74 Å². The fourth-order valence-electron chi connectivity index (χ4n) is 2.29. The SMILES string of the molecule is CCOc1cccc(Cc2sc(N)nc2-c2ccccn2)c1. The second kappa shape index (κ2) is 6.58. The van der Waals surface area contributed by atoms with Gasteiger partial charge in [-0.05, 0) is 36.8 Å². The molecular weight excluding hydrogens is 294 g/mol. The molecule has 0 radical (unpaired) electrons. The Kier molecular flexibility index (Phi) is 4.34. The zero-order chi connectivity index (χ0) is 15.4. The summed E-state index contributed by atoms with van der Waals surface area (Å²) < 4.78 is 5.56. The Morgan fingerprint density at radius 3 is 2.86 bits per heavy atom. The van der Waals surface area contributed by atoms with Crippen LogP contribution in [0, 0.1) is 0 Å². The first-order valence-corrected chi connectivity index (χ1v) is 7.96. The highest BCUT2D eigenvalue weighted by Gasteiger charge is 2.13. The topological polar surface area (TPSA) is 61.0 Å². The number of nitrogens with zero attached hydrogens (tertiary/aromatic N) is 2. The summed E-state index contributed by atoms with van der Waals surface area (Å²) in [7, 11) is 0. The first-order chi connectivity index (χ1) is 10.8. The molecule has 0 aliphatic rings. The number of hydrogen-bond donors (Lipinski definition) is 1. The number of nitrogens with two attached hydrogens (primary N) is 1. The molecule has 0 spiro atoms. The molecule has 0 fully saturated rings. The van der Waals surface area contributed by atoms with Crippen molar-refractivity contribution in [2.24, 2.45) is 0 Å². The van der Waals surface area contributed by atoms with Crippen LogP contribution < -0.4 is 10.5 Å². The van der Waals surface area contributed by atoms with E-state index in [1.807, 2.05) is 37.3 Å². The molecule has 0 atom stereocenters. The average molecular weight is 311 g/mol. The Morgan fingerprint density at radius 1 is 1.18 bits per heavy atom. The van der Waals surface area contributed by atoms with Crippen molar-refractivity contribution >= 4 is 16.5 Å². The number of thiazole rings is 1. The predicted molar refractivity (Wildman–Crippen MR) is 90.2 cm³/mol. The van der Waals surface area contributed by atoms with Gasteiger partial charge in [0.15, 0.2) is 5.13 Å². The van der Waals surface area contributed by atoms with Gasteiger partial charge in [0.1, 0.15) is 11.4 Å². The van der Waals surface area contributed by atoms with E-state index in [9.17, 15) is 0 Å². The molecule has 0 aliphatic carbocycles. The Balaban J connectivity index is 1.91. The molecule has 4 nitrogen and oxygen atoms in total. The summed E-state index contributed by atoms with van der Waals surface area (Å²) in [6.07, 6.45) is 2.53. The zero-order valence-corrected chi connectivity index (χ0v) is 13.1. The second-order valence-electron chi connectivity index (χ2n) is 4.80. The number of rotatable bonds is 5. The van der Waals surface area contributed by atoms with Gasteiger partial charge in [-0.2, -0.15) is 0 Å². The van der Waals surface area contributed by atoms with E-state index >= 15 is 0 Å². The van der Waals surface area contributed by atoms with Crippen molar-refractivity contribution in [1.29, 1.82) is 0 Å². The molecule has 2 N–H and O–H groups in total. The van der Waals surface area contributed by atoms with Crippen LogP contribution in [0.2, 0.25) is 0 Å². The van der Waals surface area contributed by atoms with Gasteiger partial charge in [-0.3, -0.25) is 4.98 Å².